The van der Waals surface area contributed by atoms with Gasteiger partial charge in [0.25, 0.3) is 0 Å². The van der Waals surface area contributed by atoms with Crippen LogP contribution in [0.4, 0.5) is 0 Å². The van der Waals surface area contributed by atoms with Gasteiger partial charge in [0.2, 0.25) is 0 Å². The fourth-order valence-electron chi connectivity index (χ4n) is 3.43. The average molecular weight is 195 g/mol. The largest absolute Gasteiger partial charge is 0.314 e. The van der Waals surface area contributed by atoms with E-state index in [1.165, 1.54) is 45.1 Å². The second-order valence-electron chi connectivity index (χ2n) is 5.57. The molecule has 0 spiro atoms. The van der Waals surface area contributed by atoms with Gasteiger partial charge in [-0.05, 0) is 56.9 Å². The predicted molar refractivity (Wildman–Crippen MR) is 61.3 cm³/mol. The maximum atomic E-state index is 3.64. The zero-order valence-corrected chi connectivity index (χ0v) is 9.76. The Morgan fingerprint density at radius 1 is 0.929 bits per heavy atom. The van der Waals surface area contributed by atoms with E-state index < -0.39 is 0 Å². The Hall–Kier alpha value is -0.0400. The Morgan fingerprint density at radius 3 is 2.29 bits per heavy atom. The maximum absolute atomic E-state index is 3.64. The molecule has 2 unspecified atom stereocenters. The first-order chi connectivity index (χ1) is 6.77. The molecule has 1 nitrogen and oxygen atoms in total. The predicted octanol–water partition coefficient (Wildman–Crippen LogP) is 3.20. The standard InChI is InChI=1S/C13H25N/c1-10-5-7-12(8-6-10)13-4-3-9-14-11(13)2/h10-14H,3-9H2,1-2H3. The summed E-state index contributed by atoms with van der Waals surface area (Å²) < 4.78 is 0. The first kappa shape index (κ1) is 10.5. The average Bonchev–Trinajstić information content (AvgIpc) is 2.20. The van der Waals surface area contributed by atoms with E-state index in [0.717, 1.165) is 23.8 Å². The minimum atomic E-state index is 0.780. The van der Waals surface area contributed by atoms with Crippen LogP contribution in [0.3, 0.4) is 0 Å². The van der Waals surface area contributed by atoms with Gasteiger partial charge in [-0.1, -0.05) is 19.8 Å². The molecule has 82 valence electrons. The van der Waals surface area contributed by atoms with Crippen molar-refractivity contribution in [2.45, 2.75) is 58.4 Å². The Balaban J connectivity index is 1.87. The second-order valence-corrected chi connectivity index (χ2v) is 5.57. The van der Waals surface area contributed by atoms with Crippen molar-refractivity contribution in [3.05, 3.63) is 0 Å². The van der Waals surface area contributed by atoms with Crippen molar-refractivity contribution in [1.29, 1.82) is 0 Å². The Morgan fingerprint density at radius 2 is 1.64 bits per heavy atom. The molecular weight excluding hydrogens is 170 g/mol. The fourth-order valence-corrected chi connectivity index (χ4v) is 3.43. The van der Waals surface area contributed by atoms with E-state index in [1.807, 2.05) is 0 Å². The number of nitrogens with one attached hydrogen (secondary N) is 1. The molecule has 0 amide bonds. The van der Waals surface area contributed by atoms with Crippen LogP contribution in [0.15, 0.2) is 0 Å². The molecule has 1 heteroatoms. The summed E-state index contributed by atoms with van der Waals surface area (Å²) in [5.74, 6) is 3.02. The molecule has 1 N–H and O–H groups in total. The van der Waals surface area contributed by atoms with Crippen LogP contribution in [-0.4, -0.2) is 12.6 Å². The highest BCUT2D eigenvalue weighted by Gasteiger charge is 2.30. The monoisotopic (exact) mass is 195 g/mol. The van der Waals surface area contributed by atoms with Crippen molar-refractivity contribution in [3.8, 4) is 0 Å². The van der Waals surface area contributed by atoms with Crippen molar-refractivity contribution < 1.29 is 0 Å². The zero-order chi connectivity index (χ0) is 9.97. The van der Waals surface area contributed by atoms with Crippen LogP contribution in [0.5, 0.6) is 0 Å². The van der Waals surface area contributed by atoms with Gasteiger partial charge in [0.15, 0.2) is 0 Å². The number of hydrogen-bond donors (Lipinski definition) is 1. The van der Waals surface area contributed by atoms with Gasteiger partial charge < -0.3 is 5.32 Å². The minimum absolute atomic E-state index is 0.780. The molecule has 2 aliphatic rings. The lowest BCUT2D eigenvalue weighted by atomic mass is 9.71. The normalized spacial score (nSPS) is 45.0. The van der Waals surface area contributed by atoms with Crippen LogP contribution in [-0.2, 0) is 0 Å². The molecule has 2 fully saturated rings. The SMILES string of the molecule is CC1CCC(C2CCCNC2C)CC1. The highest BCUT2D eigenvalue weighted by molar-refractivity contribution is 4.85. The van der Waals surface area contributed by atoms with E-state index in [4.69, 9.17) is 0 Å². The molecule has 0 aromatic carbocycles. The maximum Gasteiger partial charge on any atom is 0.00696 e. The van der Waals surface area contributed by atoms with E-state index in [2.05, 4.69) is 19.2 Å². The van der Waals surface area contributed by atoms with Crippen LogP contribution in [0, 0.1) is 17.8 Å². The molecule has 14 heavy (non-hydrogen) atoms. The molecule has 0 bridgehead atoms. The molecule has 1 heterocycles. The lowest BCUT2D eigenvalue weighted by molar-refractivity contribution is 0.148. The number of piperidine rings is 1. The van der Waals surface area contributed by atoms with Crippen molar-refractivity contribution in [2.24, 2.45) is 17.8 Å². The Labute approximate surface area is 88.7 Å². The molecule has 1 aliphatic carbocycles. The molecule has 0 aromatic heterocycles. The number of hydrogen-bond acceptors (Lipinski definition) is 1. The molecule has 2 rings (SSSR count). The van der Waals surface area contributed by atoms with Crippen molar-refractivity contribution >= 4 is 0 Å². The van der Waals surface area contributed by atoms with Crippen LogP contribution < -0.4 is 5.32 Å². The Kier molecular flexibility index (Phi) is 3.48. The van der Waals surface area contributed by atoms with Gasteiger partial charge in [-0.25, -0.2) is 0 Å². The van der Waals surface area contributed by atoms with Gasteiger partial charge in [-0.2, -0.15) is 0 Å². The summed E-state index contributed by atoms with van der Waals surface area (Å²) in [6.07, 6.45) is 8.84. The molecule has 0 aromatic rings. The highest BCUT2D eigenvalue weighted by atomic mass is 14.9. The molecule has 1 aliphatic heterocycles. The third kappa shape index (κ3) is 2.31. The lowest BCUT2D eigenvalue weighted by Crippen LogP contribution is -2.43. The topological polar surface area (TPSA) is 12.0 Å². The first-order valence-corrected chi connectivity index (χ1v) is 6.50. The van der Waals surface area contributed by atoms with Gasteiger partial charge in [0.05, 0.1) is 0 Å². The summed E-state index contributed by atoms with van der Waals surface area (Å²) in [6, 6.07) is 0.780. The first-order valence-electron chi connectivity index (χ1n) is 6.50. The van der Waals surface area contributed by atoms with Crippen LogP contribution in [0.1, 0.15) is 52.4 Å². The lowest BCUT2D eigenvalue weighted by Gasteiger charge is -2.39. The quantitative estimate of drug-likeness (QED) is 0.677. The van der Waals surface area contributed by atoms with E-state index in [9.17, 15) is 0 Å². The van der Waals surface area contributed by atoms with Crippen LogP contribution in [0.2, 0.25) is 0 Å². The summed E-state index contributed by atoms with van der Waals surface area (Å²) in [7, 11) is 0. The van der Waals surface area contributed by atoms with Crippen molar-refractivity contribution in [1.82, 2.24) is 5.32 Å². The molecular formula is C13H25N. The van der Waals surface area contributed by atoms with Gasteiger partial charge in [0, 0.05) is 6.04 Å². The molecule has 0 radical (unpaired) electrons. The molecule has 1 saturated carbocycles. The summed E-state index contributed by atoms with van der Waals surface area (Å²) in [6.45, 7) is 6.06. The zero-order valence-electron chi connectivity index (χ0n) is 9.76. The van der Waals surface area contributed by atoms with E-state index in [1.54, 1.807) is 0 Å². The summed E-state index contributed by atoms with van der Waals surface area (Å²) in [4.78, 5) is 0. The van der Waals surface area contributed by atoms with Crippen LogP contribution in [0.25, 0.3) is 0 Å². The van der Waals surface area contributed by atoms with Crippen molar-refractivity contribution in [2.75, 3.05) is 6.54 Å². The fraction of sp³-hybridized carbons (Fsp3) is 1.00. The van der Waals surface area contributed by atoms with Gasteiger partial charge in [0.1, 0.15) is 0 Å². The second kappa shape index (κ2) is 4.65. The van der Waals surface area contributed by atoms with Crippen molar-refractivity contribution in [3.63, 3.8) is 0 Å². The molecule has 1 saturated heterocycles. The third-order valence-electron chi connectivity index (χ3n) is 4.49. The van der Waals surface area contributed by atoms with Gasteiger partial charge in [-0.3, -0.25) is 0 Å². The number of rotatable bonds is 1. The third-order valence-corrected chi connectivity index (χ3v) is 4.49. The van der Waals surface area contributed by atoms with E-state index in [0.29, 0.717) is 0 Å². The van der Waals surface area contributed by atoms with Crippen LogP contribution >= 0.6 is 0 Å². The summed E-state index contributed by atoms with van der Waals surface area (Å²) in [5.41, 5.74) is 0. The summed E-state index contributed by atoms with van der Waals surface area (Å²) in [5, 5.41) is 3.64. The minimum Gasteiger partial charge on any atom is -0.314 e. The van der Waals surface area contributed by atoms with E-state index in [-0.39, 0.29) is 0 Å². The molecule has 2 atom stereocenters. The van der Waals surface area contributed by atoms with E-state index >= 15 is 0 Å². The highest BCUT2D eigenvalue weighted by Crippen LogP contribution is 2.37. The Bertz CT molecular complexity index is 170. The summed E-state index contributed by atoms with van der Waals surface area (Å²) >= 11 is 0. The smallest absolute Gasteiger partial charge is 0.00696 e. The van der Waals surface area contributed by atoms with Gasteiger partial charge in [-0.15, -0.1) is 0 Å². The van der Waals surface area contributed by atoms with Gasteiger partial charge >= 0.3 is 0 Å².